The number of nitrogens with zero attached hydrogens (tertiary/aromatic N) is 1. The first kappa shape index (κ1) is 19.3. The number of benzene rings is 2. The van der Waals surface area contributed by atoms with E-state index < -0.39 is 17.8 Å². The van der Waals surface area contributed by atoms with E-state index in [-0.39, 0.29) is 5.13 Å². The van der Waals surface area contributed by atoms with Gasteiger partial charge < -0.3 is 15.4 Å². The molecule has 0 saturated heterocycles. The summed E-state index contributed by atoms with van der Waals surface area (Å²) in [5.74, 6) is -0.365. The van der Waals surface area contributed by atoms with Crippen LogP contribution in [0, 0.1) is 12.7 Å². The summed E-state index contributed by atoms with van der Waals surface area (Å²) in [6.45, 7) is 1.65. The number of thiazole rings is 1. The minimum atomic E-state index is -0.518. The molecule has 0 fully saturated rings. The van der Waals surface area contributed by atoms with Crippen molar-refractivity contribution in [1.29, 1.82) is 0 Å². The maximum absolute atomic E-state index is 13.3. The molecule has 2 aromatic carbocycles. The van der Waals surface area contributed by atoms with Gasteiger partial charge in [-0.2, -0.15) is 0 Å². The summed E-state index contributed by atoms with van der Waals surface area (Å²) in [6.07, 6.45) is 0. The number of aryl methyl sites for hydroxylation is 1. The monoisotopic (exact) mass is 400 g/mol. The summed E-state index contributed by atoms with van der Waals surface area (Å²) < 4.78 is 18.4. The summed E-state index contributed by atoms with van der Waals surface area (Å²) in [5.41, 5.74) is 1.28. The van der Waals surface area contributed by atoms with Crippen LogP contribution in [0.1, 0.15) is 15.4 Å². The Bertz CT molecular complexity index is 1020. The lowest BCUT2D eigenvalue weighted by Gasteiger charge is -2.09. The molecule has 0 unspecified atom stereocenters. The molecule has 7 nitrogen and oxygen atoms in total. The van der Waals surface area contributed by atoms with Crippen molar-refractivity contribution in [3.8, 4) is 5.75 Å². The highest BCUT2D eigenvalue weighted by molar-refractivity contribution is 7.17. The molecule has 0 spiro atoms. The first-order valence-corrected chi connectivity index (χ1v) is 9.03. The molecule has 28 heavy (non-hydrogen) atoms. The number of ether oxygens (including phenoxy) is 1. The van der Waals surface area contributed by atoms with Gasteiger partial charge in [0.1, 0.15) is 16.4 Å². The number of aromatic nitrogens is 1. The van der Waals surface area contributed by atoms with Gasteiger partial charge >= 0.3 is 6.03 Å². The Morgan fingerprint density at radius 3 is 2.61 bits per heavy atom. The van der Waals surface area contributed by atoms with Gasteiger partial charge in [0.25, 0.3) is 5.91 Å². The van der Waals surface area contributed by atoms with Crippen molar-refractivity contribution < 1.29 is 18.7 Å². The summed E-state index contributed by atoms with van der Waals surface area (Å²) in [5, 5.41) is 8.12. The highest BCUT2D eigenvalue weighted by Crippen LogP contribution is 2.26. The number of urea groups is 1. The van der Waals surface area contributed by atoms with Crippen LogP contribution in [-0.2, 0) is 0 Å². The van der Waals surface area contributed by atoms with E-state index in [1.807, 2.05) is 0 Å². The van der Waals surface area contributed by atoms with Crippen molar-refractivity contribution >= 4 is 39.8 Å². The summed E-state index contributed by atoms with van der Waals surface area (Å²) in [6, 6.07) is 12.0. The number of rotatable bonds is 5. The predicted octanol–water partition coefficient (Wildman–Crippen LogP) is 4.50. The van der Waals surface area contributed by atoms with Crippen molar-refractivity contribution in [1.82, 2.24) is 4.98 Å². The third-order valence-corrected chi connectivity index (χ3v) is 4.73. The maximum Gasteiger partial charge on any atom is 0.325 e. The second kappa shape index (κ2) is 8.49. The second-order valence-electron chi connectivity index (χ2n) is 5.68. The van der Waals surface area contributed by atoms with Gasteiger partial charge in [-0.05, 0) is 37.3 Å². The van der Waals surface area contributed by atoms with E-state index in [0.717, 1.165) is 11.3 Å². The molecule has 3 rings (SSSR count). The Balaban J connectivity index is 1.68. The summed E-state index contributed by atoms with van der Waals surface area (Å²) in [4.78, 5) is 29.1. The molecule has 3 N–H and O–H groups in total. The molecule has 9 heteroatoms. The van der Waals surface area contributed by atoms with Gasteiger partial charge in [0, 0.05) is 5.69 Å². The van der Waals surface area contributed by atoms with Crippen LogP contribution in [0.5, 0.6) is 5.75 Å². The first-order chi connectivity index (χ1) is 13.5. The smallest absolute Gasteiger partial charge is 0.325 e. The average molecular weight is 400 g/mol. The topological polar surface area (TPSA) is 92.3 Å². The van der Waals surface area contributed by atoms with E-state index in [1.165, 1.54) is 25.3 Å². The summed E-state index contributed by atoms with van der Waals surface area (Å²) in [7, 11) is 1.51. The Morgan fingerprint density at radius 1 is 1.07 bits per heavy atom. The van der Waals surface area contributed by atoms with Crippen LogP contribution in [0.15, 0.2) is 48.5 Å². The number of anilines is 3. The Morgan fingerprint density at radius 2 is 1.86 bits per heavy atom. The molecule has 0 radical (unpaired) electrons. The molecule has 0 saturated carbocycles. The quantitative estimate of drug-likeness (QED) is 0.588. The molecule has 0 bridgehead atoms. The van der Waals surface area contributed by atoms with Crippen molar-refractivity contribution in [2.45, 2.75) is 6.92 Å². The van der Waals surface area contributed by atoms with Crippen molar-refractivity contribution in [2.75, 3.05) is 23.1 Å². The Kier molecular flexibility index (Phi) is 5.85. The molecule has 3 amide bonds. The highest BCUT2D eigenvalue weighted by Gasteiger charge is 2.17. The normalized spacial score (nSPS) is 10.2. The predicted molar refractivity (Wildman–Crippen MR) is 107 cm³/mol. The van der Waals surface area contributed by atoms with Crippen molar-refractivity contribution in [3.63, 3.8) is 0 Å². The Labute approximate surface area is 164 Å². The standard InChI is InChI=1S/C19H17FN4O3S/c1-11-16(17(25)22-13-7-5-6-12(20)10-13)28-19(21-11)24-18(26)23-14-8-3-4-9-15(14)27-2/h3-10H,1-2H3,(H,22,25)(H2,21,23,24,26). The number of carbonyl (C=O) groups is 2. The lowest BCUT2D eigenvalue weighted by molar-refractivity contribution is 0.103. The third-order valence-electron chi connectivity index (χ3n) is 3.66. The lowest BCUT2D eigenvalue weighted by Crippen LogP contribution is -2.19. The van der Waals surface area contributed by atoms with E-state index in [2.05, 4.69) is 20.9 Å². The molecule has 0 aliphatic rings. The molecule has 1 heterocycles. The molecule has 0 atom stereocenters. The zero-order chi connectivity index (χ0) is 20.1. The number of nitrogens with one attached hydrogen (secondary N) is 3. The van der Waals surface area contributed by atoms with Gasteiger partial charge in [0.15, 0.2) is 5.13 Å². The number of hydrogen-bond acceptors (Lipinski definition) is 5. The molecule has 144 valence electrons. The molecule has 1 aromatic heterocycles. The van der Waals surface area contributed by atoms with Crippen LogP contribution in [0.3, 0.4) is 0 Å². The summed E-state index contributed by atoms with van der Waals surface area (Å²) >= 11 is 1.02. The Hall–Kier alpha value is -3.46. The number of para-hydroxylation sites is 2. The van der Waals surface area contributed by atoms with E-state index in [1.54, 1.807) is 37.3 Å². The van der Waals surface area contributed by atoms with Crippen LogP contribution >= 0.6 is 11.3 Å². The van der Waals surface area contributed by atoms with Gasteiger partial charge in [-0.1, -0.05) is 29.5 Å². The number of amides is 3. The van der Waals surface area contributed by atoms with Crippen LogP contribution in [-0.4, -0.2) is 24.0 Å². The molecule has 0 aliphatic heterocycles. The van der Waals surface area contributed by atoms with Crippen molar-refractivity contribution in [2.24, 2.45) is 0 Å². The largest absolute Gasteiger partial charge is 0.495 e. The number of carbonyl (C=O) groups excluding carboxylic acids is 2. The van der Waals surface area contributed by atoms with Crippen molar-refractivity contribution in [3.05, 3.63) is 64.9 Å². The number of methoxy groups -OCH3 is 1. The van der Waals surface area contributed by atoms with Gasteiger partial charge in [-0.25, -0.2) is 14.2 Å². The molecule has 0 aliphatic carbocycles. The number of halogens is 1. The SMILES string of the molecule is COc1ccccc1NC(=O)Nc1nc(C)c(C(=O)Nc2cccc(F)c2)s1. The minimum Gasteiger partial charge on any atom is -0.495 e. The van der Waals surface area contributed by atoms with Crippen LogP contribution in [0.2, 0.25) is 0 Å². The average Bonchev–Trinajstić information content (AvgIpc) is 3.02. The van der Waals surface area contributed by atoms with E-state index in [4.69, 9.17) is 4.74 Å². The van der Waals surface area contributed by atoms with Gasteiger partial charge in [-0.3, -0.25) is 10.1 Å². The molecule has 3 aromatic rings. The second-order valence-corrected chi connectivity index (χ2v) is 6.68. The fourth-order valence-corrected chi connectivity index (χ4v) is 3.27. The maximum atomic E-state index is 13.3. The van der Waals surface area contributed by atoms with Gasteiger partial charge in [-0.15, -0.1) is 0 Å². The zero-order valence-corrected chi connectivity index (χ0v) is 15.9. The number of hydrogen-bond donors (Lipinski definition) is 3. The van der Waals surface area contributed by atoms with E-state index in [0.29, 0.717) is 27.7 Å². The van der Waals surface area contributed by atoms with E-state index in [9.17, 15) is 14.0 Å². The van der Waals surface area contributed by atoms with Gasteiger partial charge in [0.05, 0.1) is 18.5 Å². The fraction of sp³-hybridized carbons (Fsp3) is 0.105. The minimum absolute atomic E-state index is 0.259. The fourth-order valence-electron chi connectivity index (χ4n) is 2.41. The zero-order valence-electron chi connectivity index (χ0n) is 15.1. The molecular weight excluding hydrogens is 383 g/mol. The van der Waals surface area contributed by atoms with Crippen LogP contribution in [0.25, 0.3) is 0 Å². The lowest BCUT2D eigenvalue weighted by atomic mass is 10.3. The van der Waals surface area contributed by atoms with E-state index >= 15 is 0 Å². The van der Waals surface area contributed by atoms with Crippen LogP contribution < -0.4 is 20.7 Å². The van der Waals surface area contributed by atoms with Gasteiger partial charge in [0.2, 0.25) is 0 Å². The molecular formula is C19H17FN4O3S. The van der Waals surface area contributed by atoms with Crippen LogP contribution in [0.4, 0.5) is 25.7 Å². The highest BCUT2D eigenvalue weighted by atomic mass is 32.1. The first-order valence-electron chi connectivity index (χ1n) is 8.21. The third kappa shape index (κ3) is 4.63.